The number of carbonyl (C=O) groups excluding carboxylic acids is 1. The molecule has 0 saturated heterocycles. The van der Waals surface area contributed by atoms with Gasteiger partial charge in [0.25, 0.3) is 0 Å². The van der Waals surface area contributed by atoms with E-state index in [4.69, 9.17) is 9.47 Å². The number of unbranched alkanes of at least 4 members (excludes halogenated alkanes) is 1. The predicted molar refractivity (Wildman–Crippen MR) is 75.9 cm³/mol. The average Bonchev–Trinajstić information content (AvgIpc) is 2.46. The summed E-state index contributed by atoms with van der Waals surface area (Å²) in [6.45, 7) is 5.02. The van der Waals surface area contributed by atoms with Crippen molar-refractivity contribution in [2.45, 2.75) is 46.1 Å². The van der Waals surface area contributed by atoms with Crippen molar-refractivity contribution in [1.29, 1.82) is 0 Å². The van der Waals surface area contributed by atoms with Gasteiger partial charge in [0.1, 0.15) is 6.61 Å². The third kappa shape index (κ3) is 6.85. The SMILES string of the molecule is CCCCC(CC)COC(=O)OCc1ccccc1. The van der Waals surface area contributed by atoms with Crippen LogP contribution in [0.15, 0.2) is 30.3 Å². The predicted octanol–water partition coefficient (Wildman–Crippen LogP) is 4.56. The van der Waals surface area contributed by atoms with Crippen LogP contribution in [-0.4, -0.2) is 12.8 Å². The first kappa shape index (κ1) is 15.5. The van der Waals surface area contributed by atoms with Gasteiger partial charge in [0.2, 0.25) is 0 Å². The molecular formula is C16H24O3. The highest BCUT2D eigenvalue weighted by atomic mass is 16.7. The van der Waals surface area contributed by atoms with E-state index in [1.54, 1.807) is 0 Å². The zero-order valence-electron chi connectivity index (χ0n) is 11.9. The molecular weight excluding hydrogens is 240 g/mol. The Hall–Kier alpha value is -1.51. The van der Waals surface area contributed by atoms with E-state index in [-0.39, 0.29) is 6.61 Å². The molecule has 1 unspecified atom stereocenters. The van der Waals surface area contributed by atoms with E-state index in [9.17, 15) is 4.79 Å². The number of hydrogen-bond acceptors (Lipinski definition) is 3. The smallest absolute Gasteiger partial charge is 0.434 e. The highest BCUT2D eigenvalue weighted by Gasteiger charge is 2.10. The van der Waals surface area contributed by atoms with Gasteiger partial charge in [0, 0.05) is 0 Å². The molecule has 0 saturated carbocycles. The molecule has 0 radical (unpaired) electrons. The minimum Gasteiger partial charge on any atom is -0.434 e. The maximum atomic E-state index is 11.5. The molecule has 0 bridgehead atoms. The van der Waals surface area contributed by atoms with Gasteiger partial charge in [-0.25, -0.2) is 4.79 Å². The summed E-state index contributed by atoms with van der Waals surface area (Å²) in [6.07, 6.45) is 3.93. The van der Waals surface area contributed by atoms with Crippen molar-refractivity contribution in [2.75, 3.05) is 6.61 Å². The van der Waals surface area contributed by atoms with Gasteiger partial charge in [-0.05, 0) is 17.9 Å². The molecule has 1 aromatic carbocycles. The van der Waals surface area contributed by atoms with Crippen molar-refractivity contribution in [3.63, 3.8) is 0 Å². The van der Waals surface area contributed by atoms with E-state index in [1.165, 1.54) is 12.8 Å². The molecule has 0 fully saturated rings. The molecule has 1 atom stereocenters. The summed E-state index contributed by atoms with van der Waals surface area (Å²) in [5.41, 5.74) is 0.970. The van der Waals surface area contributed by atoms with Crippen LogP contribution >= 0.6 is 0 Å². The van der Waals surface area contributed by atoms with Gasteiger partial charge in [0.15, 0.2) is 0 Å². The molecule has 0 aliphatic heterocycles. The minimum absolute atomic E-state index is 0.269. The lowest BCUT2D eigenvalue weighted by Gasteiger charge is -2.14. The van der Waals surface area contributed by atoms with E-state index in [0.29, 0.717) is 12.5 Å². The van der Waals surface area contributed by atoms with Crippen LogP contribution in [0.3, 0.4) is 0 Å². The standard InChI is InChI=1S/C16H24O3/c1-3-5-9-14(4-2)12-18-16(17)19-13-15-10-7-6-8-11-15/h6-8,10-11,14H,3-5,9,12-13H2,1-2H3. The van der Waals surface area contributed by atoms with E-state index in [1.807, 2.05) is 30.3 Å². The number of ether oxygens (including phenoxy) is 2. The van der Waals surface area contributed by atoms with Gasteiger partial charge in [-0.15, -0.1) is 0 Å². The molecule has 0 N–H and O–H groups in total. The van der Waals surface area contributed by atoms with Crippen LogP contribution in [0.2, 0.25) is 0 Å². The Bertz CT molecular complexity index is 348. The lowest BCUT2D eigenvalue weighted by atomic mass is 10.0. The summed E-state index contributed by atoms with van der Waals surface area (Å²) in [6, 6.07) is 9.61. The van der Waals surface area contributed by atoms with E-state index in [2.05, 4.69) is 13.8 Å². The molecule has 1 rings (SSSR count). The first-order valence-corrected chi connectivity index (χ1v) is 7.09. The van der Waals surface area contributed by atoms with Crippen molar-refractivity contribution in [2.24, 2.45) is 5.92 Å². The Morgan fingerprint density at radius 3 is 2.53 bits per heavy atom. The Morgan fingerprint density at radius 2 is 1.89 bits per heavy atom. The minimum atomic E-state index is -0.571. The number of hydrogen-bond donors (Lipinski definition) is 0. The van der Waals surface area contributed by atoms with Gasteiger partial charge in [-0.2, -0.15) is 0 Å². The summed E-state index contributed by atoms with van der Waals surface area (Å²) in [7, 11) is 0. The largest absolute Gasteiger partial charge is 0.508 e. The van der Waals surface area contributed by atoms with E-state index >= 15 is 0 Å². The molecule has 0 aliphatic carbocycles. The number of benzene rings is 1. The van der Waals surface area contributed by atoms with Crippen LogP contribution in [0.25, 0.3) is 0 Å². The second kappa shape index (κ2) is 9.42. The van der Waals surface area contributed by atoms with Gasteiger partial charge in [-0.3, -0.25) is 0 Å². The summed E-state index contributed by atoms with van der Waals surface area (Å²) < 4.78 is 10.2. The monoisotopic (exact) mass is 264 g/mol. The third-order valence-corrected chi connectivity index (χ3v) is 3.18. The summed E-state index contributed by atoms with van der Waals surface area (Å²) in [5.74, 6) is 0.448. The second-order valence-corrected chi connectivity index (χ2v) is 4.75. The zero-order chi connectivity index (χ0) is 13.9. The van der Waals surface area contributed by atoms with E-state index in [0.717, 1.165) is 18.4 Å². The molecule has 0 aromatic heterocycles. The van der Waals surface area contributed by atoms with Gasteiger partial charge in [0.05, 0.1) is 6.61 Å². The fourth-order valence-electron chi connectivity index (χ4n) is 1.84. The van der Waals surface area contributed by atoms with Crippen LogP contribution in [0, 0.1) is 5.92 Å². The number of carbonyl (C=O) groups is 1. The van der Waals surface area contributed by atoms with Crippen LogP contribution < -0.4 is 0 Å². The van der Waals surface area contributed by atoms with Crippen molar-refractivity contribution in [3.8, 4) is 0 Å². The molecule has 0 spiro atoms. The van der Waals surface area contributed by atoms with Gasteiger partial charge < -0.3 is 9.47 Å². The van der Waals surface area contributed by atoms with Crippen molar-refractivity contribution in [1.82, 2.24) is 0 Å². The fourth-order valence-corrected chi connectivity index (χ4v) is 1.84. The highest BCUT2D eigenvalue weighted by Crippen LogP contribution is 2.13. The molecule has 0 heterocycles. The Labute approximate surface area is 115 Å². The first-order chi connectivity index (χ1) is 9.26. The maximum Gasteiger partial charge on any atom is 0.508 e. The van der Waals surface area contributed by atoms with Crippen molar-refractivity contribution in [3.05, 3.63) is 35.9 Å². The lowest BCUT2D eigenvalue weighted by Crippen LogP contribution is -2.14. The quantitative estimate of drug-likeness (QED) is 0.646. The molecule has 3 nitrogen and oxygen atoms in total. The summed E-state index contributed by atoms with van der Waals surface area (Å²) in [4.78, 5) is 11.5. The molecule has 106 valence electrons. The fraction of sp³-hybridized carbons (Fsp3) is 0.562. The first-order valence-electron chi connectivity index (χ1n) is 7.09. The maximum absolute atomic E-state index is 11.5. The summed E-state index contributed by atoms with van der Waals surface area (Å²) in [5, 5.41) is 0. The number of rotatable bonds is 8. The van der Waals surface area contributed by atoms with Crippen LogP contribution in [0.1, 0.15) is 45.1 Å². The van der Waals surface area contributed by atoms with Crippen molar-refractivity contribution >= 4 is 6.16 Å². The second-order valence-electron chi connectivity index (χ2n) is 4.75. The zero-order valence-corrected chi connectivity index (χ0v) is 11.9. The Kier molecular flexibility index (Phi) is 7.71. The molecule has 0 aliphatic rings. The van der Waals surface area contributed by atoms with Crippen LogP contribution in [0.4, 0.5) is 4.79 Å². The van der Waals surface area contributed by atoms with E-state index < -0.39 is 6.16 Å². The van der Waals surface area contributed by atoms with Crippen LogP contribution in [-0.2, 0) is 16.1 Å². The van der Waals surface area contributed by atoms with Crippen LogP contribution in [0.5, 0.6) is 0 Å². The molecule has 1 aromatic rings. The molecule has 0 amide bonds. The van der Waals surface area contributed by atoms with Crippen molar-refractivity contribution < 1.29 is 14.3 Å². The average molecular weight is 264 g/mol. The Morgan fingerprint density at radius 1 is 1.16 bits per heavy atom. The molecule has 19 heavy (non-hydrogen) atoms. The summed E-state index contributed by atoms with van der Waals surface area (Å²) >= 11 is 0. The Balaban J connectivity index is 2.20. The lowest BCUT2D eigenvalue weighted by molar-refractivity contribution is 0.0377. The topological polar surface area (TPSA) is 35.5 Å². The third-order valence-electron chi connectivity index (χ3n) is 3.18. The van der Waals surface area contributed by atoms with Gasteiger partial charge in [-0.1, -0.05) is 63.4 Å². The normalized spacial score (nSPS) is 11.9. The highest BCUT2D eigenvalue weighted by molar-refractivity contribution is 5.59. The van der Waals surface area contributed by atoms with Gasteiger partial charge >= 0.3 is 6.16 Å². The molecule has 3 heteroatoms.